The molecule has 18 heavy (non-hydrogen) atoms. The number of rotatable bonds is 4. The maximum Gasteiger partial charge on any atom is 0.155 e. The minimum absolute atomic E-state index is 0.219. The van der Waals surface area contributed by atoms with E-state index in [0.29, 0.717) is 13.0 Å². The number of hydrogen-bond donors (Lipinski definition) is 0. The van der Waals surface area contributed by atoms with Gasteiger partial charge < -0.3 is 9.47 Å². The molecule has 2 aliphatic rings. The van der Waals surface area contributed by atoms with Crippen molar-refractivity contribution >= 4 is 11.4 Å². The summed E-state index contributed by atoms with van der Waals surface area (Å²) in [6.45, 7) is 1.39. The molecular formula is C15H16O3. The average Bonchev–Trinajstić information content (AvgIpc) is 3.21. The molecule has 1 saturated heterocycles. The van der Waals surface area contributed by atoms with Gasteiger partial charge in [0, 0.05) is 12.0 Å². The highest BCUT2D eigenvalue weighted by molar-refractivity contribution is 5.98. The molecule has 3 heteroatoms. The topological polar surface area (TPSA) is 38.8 Å². The Morgan fingerprint density at radius 1 is 1.28 bits per heavy atom. The van der Waals surface area contributed by atoms with Crippen molar-refractivity contribution < 1.29 is 14.3 Å². The first-order valence-electron chi connectivity index (χ1n) is 6.40. The van der Waals surface area contributed by atoms with Gasteiger partial charge in [-0.3, -0.25) is 4.79 Å². The van der Waals surface area contributed by atoms with Gasteiger partial charge in [0.2, 0.25) is 0 Å². The molecule has 94 valence electrons. The van der Waals surface area contributed by atoms with Crippen molar-refractivity contribution in [2.24, 2.45) is 0 Å². The monoisotopic (exact) mass is 244 g/mol. The van der Waals surface area contributed by atoms with Gasteiger partial charge in [0.25, 0.3) is 0 Å². The SMILES string of the molecule is O=C1C=C(c2ccccc2OCC2CO2)CCC1. The highest BCUT2D eigenvalue weighted by Gasteiger charge is 2.24. The van der Waals surface area contributed by atoms with Crippen molar-refractivity contribution in [3.8, 4) is 5.75 Å². The first kappa shape index (κ1) is 11.5. The zero-order chi connectivity index (χ0) is 12.4. The number of carbonyl (C=O) groups excluding carboxylic acids is 1. The number of ether oxygens (including phenoxy) is 2. The lowest BCUT2D eigenvalue weighted by Gasteiger charge is -2.16. The summed E-state index contributed by atoms with van der Waals surface area (Å²) in [7, 11) is 0. The minimum Gasteiger partial charge on any atom is -0.490 e. The van der Waals surface area contributed by atoms with Gasteiger partial charge in [-0.25, -0.2) is 0 Å². The van der Waals surface area contributed by atoms with Gasteiger partial charge >= 0.3 is 0 Å². The van der Waals surface area contributed by atoms with Gasteiger partial charge in [-0.15, -0.1) is 0 Å². The largest absolute Gasteiger partial charge is 0.490 e. The zero-order valence-corrected chi connectivity index (χ0v) is 10.2. The number of ketones is 1. The molecule has 3 rings (SSSR count). The normalized spacial score (nSPS) is 22.6. The second-order valence-electron chi connectivity index (χ2n) is 4.75. The number of benzene rings is 1. The summed E-state index contributed by atoms with van der Waals surface area (Å²) in [5.41, 5.74) is 2.14. The summed E-state index contributed by atoms with van der Waals surface area (Å²) in [6, 6.07) is 7.92. The number of hydrogen-bond acceptors (Lipinski definition) is 3. The van der Waals surface area contributed by atoms with E-state index in [9.17, 15) is 4.79 Å². The molecule has 1 heterocycles. The molecule has 0 amide bonds. The number of para-hydroxylation sites is 1. The van der Waals surface area contributed by atoms with Gasteiger partial charge in [-0.2, -0.15) is 0 Å². The molecule has 1 atom stereocenters. The first-order valence-corrected chi connectivity index (χ1v) is 6.40. The fourth-order valence-electron chi connectivity index (χ4n) is 2.21. The molecule has 0 N–H and O–H groups in total. The van der Waals surface area contributed by atoms with E-state index in [0.717, 1.165) is 36.3 Å². The molecule has 0 radical (unpaired) electrons. The van der Waals surface area contributed by atoms with Crippen LogP contribution in [0.4, 0.5) is 0 Å². The van der Waals surface area contributed by atoms with E-state index in [4.69, 9.17) is 9.47 Å². The van der Waals surface area contributed by atoms with Crippen molar-refractivity contribution in [1.82, 2.24) is 0 Å². The zero-order valence-electron chi connectivity index (χ0n) is 10.2. The van der Waals surface area contributed by atoms with E-state index in [-0.39, 0.29) is 11.9 Å². The van der Waals surface area contributed by atoms with Gasteiger partial charge in [-0.1, -0.05) is 18.2 Å². The van der Waals surface area contributed by atoms with Crippen LogP contribution >= 0.6 is 0 Å². The van der Waals surface area contributed by atoms with Crippen molar-refractivity contribution in [3.05, 3.63) is 35.9 Å². The molecule has 1 aromatic carbocycles. The summed E-state index contributed by atoms with van der Waals surface area (Å²) >= 11 is 0. The van der Waals surface area contributed by atoms with E-state index >= 15 is 0 Å². The number of carbonyl (C=O) groups is 1. The predicted molar refractivity (Wildman–Crippen MR) is 68.5 cm³/mol. The molecule has 1 fully saturated rings. The van der Waals surface area contributed by atoms with Crippen molar-refractivity contribution in [3.63, 3.8) is 0 Å². The van der Waals surface area contributed by atoms with E-state index in [1.807, 2.05) is 24.3 Å². The molecule has 0 spiro atoms. The van der Waals surface area contributed by atoms with Crippen molar-refractivity contribution in [2.45, 2.75) is 25.4 Å². The van der Waals surface area contributed by atoms with Crippen molar-refractivity contribution in [1.29, 1.82) is 0 Å². The molecule has 1 unspecified atom stereocenters. The van der Waals surface area contributed by atoms with E-state index in [1.165, 1.54) is 0 Å². The molecule has 0 bridgehead atoms. The van der Waals surface area contributed by atoms with Gasteiger partial charge in [0.1, 0.15) is 18.5 Å². The van der Waals surface area contributed by atoms with Crippen LogP contribution in [0.15, 0.2) is 30.3 Å². The quantitative estimate of drug-likeness (QED) is 0.764. The fourth-order valence-corrected chi connectivity index (χ4v) is 2.21. The highest BCUT2D eigenvalue weighted by atomic mass is 16.6. The molecule has 1 aliphatic carbocycles. The van der Waals surface area contributed by atoms with Crippen LogP contribution < -0.4 is 4.74 Å². The third-order valence-corrected chi connectivity index (χ3v) is 3.26. The summed E-state index contributed by atoms with van der Waals surface area (Å²) in [4.78, 5) is 11.5. The van der Waals surface area contributed by atoms with Crippen LogP contribution in [0.2, 0.25) is 0 Å². The lowest BCUT2D eigenvalue weighted by atomic mass is 9.92. The Morgan fingerprint density at radius 3 is 2.89 bits per heavy atom. The van der Waals surface area contributed by atoms with Gasteiger partial charge in [0.05, 0.1) is 6.61 Å². The summed E-state index contributed by atoms with van der Waals surface area (Å²) in [6.07, 6.45) is 4.57. The standard InChI is InChI=1S/C15H16O3/c16-12-5-3-4-11(8-12)14-6-1-2-7-15(14)18-10-13-9-17-13/h1-2,6-8,13H,3-5,9-10H2. The summed E-state index contributed by atoms with van der Waals surface area (Å²) < 4.78 is 10.9. The lowest BCUT2D eigenvalue weighted by molar-refractivity contribution is -0.114. The second-order valence-corrected chi connectivity index (χ2v) is 4.75. The fraction of sp³-hybridized carbons (Fsp3) is 0.400. The summed E-state index contributed by atoms with van der Waals surface area (Å²) in [5, 5.41) is 0. The molecule has 1 aliphatic heterocycles. The Morgan fingerprint density at radius 2 is 2.11 bits per heavy atom. The van der Waals surface area contributed by atoms with Crippen LogP contribution in [0.5, 0.6) is 5.75 Å². The van der Waals surface area contributed by atoms with E-state index < -0.39 is 0 Å². The van der Waals surface area contributed by atoms with Crippen LogP contribution in [0, 0.1) is 0 Å². The molecule has 0 aromatic heterocycles. The van der Waals surface area contributed by atoms with Crippen LogP contribution in [0.25, 0.3) is 5.57 Å². The predicted octanol–water partition coefficient (Wildman–Crippen LogP) is 2.60. The van der Waals surface area contributed by atoms with E-state index in [2.05, 4.69) is 0 Å². The van der Waals surface area contributed by atoms with Crippen LogP contribution in [-0.4, -0.2) is 25.1 Å². The number of allylic oxidation sites excluding steroid dienone is 2. The Labute approximate surface area is 106 Å². The Balaban J connectivity index is 1.83. The maximum absolute atomic E-state index is 11.5. The van der Waals surface area contributed by atoms with Crippen LogP contribution in [0.1, 0.15) is 24.8 Å². The first-order chi connectivity index (χ1) is 8.83. The Hall–Kier alpha value is -1.61. The van der Waals surface area contributed by atoms with Crippen molar-refractivity contribution in [2.75, 3.05) is 13.2 Å². The van der Waals surface area contributed by atoms with Crippen LogP contribution in [0.3, 0.4) is 0 Å². The van der Waals surface area contributed by atoms with Gasteiger partial charge in [-0.05, 0) is 30.6 Å². The molecule has 0 saturated carbocycles. The third kappa shape index (κ3) is 2.62. The Kier molecular flexibility index (Phi) is 3.15. The molecule has 1 aromatic rings. The smallest absolute Gasteiger partial charge is 0.155 e. The van der Waals surface area contributed by atoms with Gasteiger partial charge in [0.15, 0.2) is 5.78 Å². The average molecular weight is 244 g/mol. The highest BCUT2D eigenvalue weighted by Crippen LogP contribution is 2.32. The Bertz CT molecular complexity index is 486. The molecular weight excluding hydrogens is 228 g/mol. The molecule has 3 nitrogen and oxygen atoms in total. The van der Waals surface area contributed by atoms with E-state index in [1.54, 1.807) is 6.08 Å². The minimum atomic E-state index is 0.219. The third-order valence-electron chi connectivity index (χ3n) is 3.26. The lowest BCUT2D eigenvalue weighted by Crippen LogP contribution is -2.07. The second kappa shape index (κ2) is 4.94. The maximum atomic E-state index is 11.5. The number of epoxide rings is 1. The van der Waals surface area contributed by atoms with Crippen LogP contribution in [-0.2, 0) is 9.53 Å². The summed E-state index contributed by atoms with van der Waals surface area (Å²) in [5.74, 6) is 1.07.